The van der Waals surface area contributed by atoms with Crippen LogP contribution in [-0.4, -0.2) is 62.3 Å². The minimum Gasteiger partial charge on any atom is -0.380 e. The van der Waals surface area contributed by atoms with E-state index >= 15 is 0 Å². The SMILES string of the molecule is CCN(CC)CCC(C)(C)COCC(C)(C)CCN(CC)CC. The average molecular weight is 329 g/mol. The maximum atomic E-state index is 6.13. The molecule has 3 nitrogen and oxygen atoms in total. The summed E-state index contributed by atoms with van der Waals surface area (Å²) in [5.41, 5.74) is 0.523. The van der Waals surface area contributed by atoms with Gasteiger partial charge >= 0.3 is 0 Å². The maximum Gasteiger partial charge on any atom is 0.0517 e. The zero-order valence-electron chi connectivity index (χ0n) is 17.4. The van der Waals surface area contributed by atoms with Gasteiger partial charge in [0, 0.05) is 0 Å². The molecule has 0 saturated heterocycles. The quantitative estimate of drug-likeness (QED) is 0.466. The van der Waals surface area contributed by atoms with Crippen LogP contribution in [-0.2, 0) is 4.74 Å². The molecule has 0 saturated carbocycles. The second kappa shape index (κ2) is 11.4. The summed E-state index contributed by atoms with van der Waals surface area (Å²) < 4.78 is 6.13. The molecule has 0 aliphatic heterocycles. The van der Waals surface area contributed by atoms with E-state index in [0.717, 1.165) is 39.4 Å². The first-order valence-corrected chi connectivity index (χ1v) is 9.72. The van der Waals surface area contributed by atoms with E-state index in [1.807, 2.05) is 0 Å². The normalized spacial score (nSPS) is 13.3. The third kappa shape index (κ3) is 11.1. The van der Waals surface area contributed by atoms with Crippen LogP contribution in [0.4, 0.5) is 0 Å². The Morgan fingerprint density at radius 2 is 0.913 bits per heavy atom. The monoisotopic (exact) mass is 328 g/mol. The second-order valence-electron chi connectivity index (χ2n) is 8.37. The molecular formula is C20H44N2O. The van der Waals surface area contributed by atoms with Crippen molar-refractivity contribution in [1.29, 1.82) is 0 Å². The van der Waals surface area contributed by atoms with E-state index in [-0.39, 0.29) is 10.8 Å². The van der Waals surface area contributed by atoms with Crippen molar-refractivity contribution in [3.05, 3.63) is 0 Å². The van der Waals surface area contributed by atoms with Crippen LogP contribution in [0, 0.1) is 10.8 Å². The summed E-state index contributed by atoms with van der Waals surface area (Å²) in [7, 11) is 0. The lowest BCUT2D eigenvalue weighted by Crippen LogP contribution is -2.33. The molecule has 0 bridgehead atoms. The van der Waals surface area contributed by atoms with Gasteiger partial charge in [0.1, 0.15) is 0 Å². The number of ether oxygens (including phenoxy) is 1. The first kappa shape index (κ1) is 22.9. The Balaban J connectivity index is 4.09. The number of hydrogen-bond donors (Lipinski definition) is 0. The lowest BCUT2D eigenvalue weighted by molar-refractivity contribution is 0.00417. The topological polar surface area (TPSA) is 15.7 Å². The third-order valence-electron chi connectivity index (χ3n) is 4.98. The van der Waals surface area contributed by atoms with Crippen molar-refractivity contribution in [3.63, 3.8) is 0 Å². The maximum absolute atomic E-state index is 6.13. The van der Waals surface area contributed by atoms with Crippen molar-refractivity contribution in [3.8, 4) is 0 Å². The Morgan fingerprint density at radius 1 is 0.609 bits per heavy atom. The molecule has 0 aliphatic rings. The van der Waals surface area contributed by atoms with Gasteiger partial charge in [-0.05, 0) is 62.9 Å². The molecule has 0 aromatic carbocycles. The van der Waals surface area contributed by atoms with Crippen LogP contribution in [0.2, 0.25) is 0 Å². The fraction of sp³-hybridized carbons (Fsp3) is 1.00. The van der Waals surface area contributed by atoms with Gasteiger partial charge in [-0.15, -0.1) is 0 Å². The highest BCUT2D eigenvalue weighted by molar-refractivity contribution is 4.74. The van der Waals surface area contributed by atoms with Gasteiger partial charge in [-0.1, -0.05) is 55.4 Å². The highest BCUT2D eigenvalue weighted by Gasteiger charge is 2.23. The first-order chi connectivity index (χ1) is 10.7. The van der Waals surface area contributed by atoms with Gasteiger partial charge in [0.15, 0.2) is 0 Å². The first-order valence-electron chi connectivity index (χ1n) is 9.72. The standard InChI is InChI=1S/C20H44N2O/c1-9-21(10-2)15-13-19(5,6)17-23-18-20(7,8)14-16-22(11-3)12-4/h9-18H2,1-8H3. The molecule has 0 heterocycles. The summed E-state index contributed by atoms with van der Waals surface area (Å²) >= 11 is 0. The highest BCUT2D eigenvalue weighted by Crippen LogP contribution is 2.25. The van der Waals surface area contributed by atoms with Crippen LogP contribution in [0.25, 0.3) is 0 Å². The van der Waals surface area contributed by atoms with E-state index in [9.17, 15) is 0 Å². The Hall–Kier alpha value is -0.120. The van der Waals surface area contributed by atoms with Crippen LogP contribution in [0.15, 0.2) is 0 Å². The molecule has 0 aromatic rings. The molecule has 0 fully saturated rings. The molecule has 0 atom stereocenters. The average Bonchev–Trinajstić information content (AvgIpc) is 2.48. The van der Waals surface area contributed by atoms with E-state index in [2.05, 4.69) is 65.2 Å². The molecule has 0 rings (SSSR count). The molecule has 0 aliphatic carbocycles. The Bertz CT molecular complexity index is 253. The van der Waals surface area contributed by atoms with E-state index in [4.69, 9.17) is 4.74 Å². The summed E-state index contributed by atoms with van der Waals surface area (Å²) in [4.78, 5) is 4.99. The molecule has 0 spiro atoms. The highest BCUT2D eigenvalue weighted by atomic mass is 16.5. The molecule has 0 N–H and O–H groups in total. The van der Waals surface area contributed by atoms with Gasteiger partial charge in [-0.25, -0.2) is 0 Å². The zero-order chi connectivity index (χ0) is 17.9. The number of nitrogens with zero attached hydrogens (tertiary/aromatic N) is 2. The molecule has 0 radical (unpaired) electrons. The second-order valence-corrected chi connectivity index (χ2v) is 8.37. The van der Waals surface area contributed by atoms with Gasteiger partial charge in [0.2, 0.25) is 0 Å². The van der Waals surface area contributed by atoms with Gasteiger partial charge in [0.25, 0.3) is 0 Å². The molecule has 23 heavy (non-hydrogen) atoms. The molecule has 0 aromatic heterocycles. The van der Waals surface area contributed by atoms with Crippen molar-refractivity contribution >= 4 is 0 Å². The number of rotatable bonds is 14. The van der Waals surface area contributed by atoms with E-state index in [0.29, 0.717) is 0 Å². The van der Waals surface area contributed by atoms with Gasteiger partial charge in [0.05, 0.1) is 13.2 Å². The summed E-state index contributed by atoms with van der Waals surface area (Å²) in [6, 6.07) is 0. The van der Waals surface area contributed by atoms with Crippen LogP contribution in [0.5, 0.6) is 0 Å². The van der Waals surface area contributed by atoms with Gasteiger partial charge in [-0.3, -0.25) is 0 Å². The fourth-order valence-electron chi connectivity index (χ4n) is 2.75. The summed E-state index contributed by atoms with van der Waals surface area (Å²) in [5, 5.41) is 0. The van der Waals surface area contributed by atoms with Crippen LogP contribution in [0.1, 0.15) is 68.2 Å². The molecule has 3 heteroatoms. The Kier molecular flexibility index (Phi) is 11.4. The predicted octanol–water partition coefficient (Wildman–Crippen LogP) is 4.52. The molecule has 0 amide bonds. The van der Waals surface area contributed by atoms with Crippen LogP contribution >= 0.6 is 0 Å². The lowest BCUT2D eigenvalue weighted by atomic mass is 9.88. The van der Waals surface area contributed by atoms with E-state index in [1.165, 1.54) is 25.9 Å². The molecule has 140 valence electrons. The Morgan fingerprint density at radius 3 is 1.17 bits per heavy atom. The van der Waals surface area contributed by atoms with Gasteiger partial charge in [-0.2, -0.15) is 0 Å². The minimum absolute atomic E-state index is 0.261. The number of hydrogen-bond acceptors (Lipinski definition) is 3. The van der Waals surface area contributed by atoms with Crippen molar-refractivity contribution in [2.75, 3.05) is 52.5 Å². The van der Waals surface area contributed by atoms with Crippen LogP contribution in [0.3, 0.4) is 0 Å². The van der Waals surface area contributed by atoms with E-state index in [1.54, 1.807) is 0 Å². The lowest BCUT2D eigenvalue weighted by Gasteiger charge is -2.32. The summed E-state index contributed by atoms with van der Waals surface area (Å²) in [5.74, 6) is 0. The van der Waals surface area contributed by atoms with Crippen molar-refractivity contribution < 1.29 is 4.74 Å². The summed E-state index contributed by atoms with van der Waals surface area (Å²) in [6.45, 7) is 27.0. The van der Waals surface area contributed by atoms with Crippen molar-refractivity contribution in [2.24, 2.45) is 10.8 Å². The van der Waals surface area contributed by atoms with E-state index < -0.39 is 0 Å². The van der Waals surface area contributed by atoms with Gasteiger partial charge < -0.3 is 14.5 Å². The van der Waals surface area contributed by atoms with Crippen molar-refractivity contribution in [2.45, 2.75) is 68.2 Å². The predicted molar refractivity (Wildman–Crippen MR) is 103 cm³/mol. The fourth-order valence-corrected chi connectivity index (χ4v) is 2.75. The van der Waals surface area contributed by atoms with Crippen molar-refractivity contribution in [1.82, 2.24) is 9.80 Å². The van der Waals surface area contributed by atoms with Crippen LogP contribution < -0.4 is 0 Å². The smallest absolute Gasteiger partial charge is 0.0517 e. The zero-order valence-corrected chi connectivity index (χ0v) is 17.4. The molecule has 0 unspecified atom stereocenters. The third-order valence-corrected chi connectivity index (χ3v) is 4.98. The largest absolute Gasteiger partial charge is 0.380 e. The minimum atomic E-state index is 0.261. The Labute approximate surface area is 146 Å². The molecular weight excluding hydrogens is 284 g/mol. The summed E-state index contributed by atoms with van der Waals surface area (Å²) in [6.07, 6.45) is 2.41.